The fourth-order valence-electron chi connectivity index (χ4n) is 2.01. The predicted octanol–water partition coefficient (Wildman–Crippen LogP) is 5.26. The summed E-state index contributed by atoms with van der Waals surface area (Å²) in [7, 11) is 0. The van der Waals surface area contributed by atoms with Crippen molar-refractivity contribution in [1.29, 1.82) is 0 Å². The van der Waals surface area contributed by atoms with Gasteiger partial charge in [-0.15, -0.1) is 0 Å². The van der Waals surface area contributed by atoms with Gasteiger partial charge in [0.05, 0.1) is 20.8 Å². The van der Waals surface area contributed by atoms with Gasteiger partial charge in [0.25, 0.3) is 5.91 Å². The first-order valence-corrected chi connectivity index (χ1v) is 8.74. The summed E-state index contributed by atoms with van der Waals surface area (Å²) >= 11 is 17.8. The standard InChI is InChI=1S/C18H17Cl3N2O2/c1-3-16(12-6-4-11(2)5-7-12)22-23-18(24)10-25-17-9-14(20)13(19)8-15(17)21/h4-9H,3,10H2,1-2H3,(H,23,24)/b22-16+. The van der Waals surface area contributed by atoms with E-state index in [1.807, 2.05) is 38.1 Å². The topological polar surface area (TPSA) is 50.7 Å². The molecular weight excluding hydrogens is 383 g/mol. The third kappa shape index (κ3) is 5.63. The third-order valence-corrected chi connectivity index (χ3v) is 4.39. The highest BCUT2D eigenvalue weighted by atomic mass is 35.5. The zero-order valence-corrected chi connectivity index (χ0v) is 16.0. The van der Waals surface area contributed by atoms with Gasteiger partial charge in [-0.2, -0.15) is 5.10 Å². The molecule has 2 rings (SSSR count). The maximum absolute atomic E-state index is 11.9. The number of hydrazone groups is 1. The number of benzene rings is 2. The van der Waals surface area contributed by atoms with Crippen molar-refractivity contribution >= 4 is 46.4 Å². The van der Waals surface area contributed by atoms with E-state index in [1.54, 1.807) is 0 Å². The molecule has 0 bridgehead atoms. The molecule has 2 aromatic carbocycles. The van der Waals surface area contributed by atoms with Crippen LogP contribution in [0.15, 0.2) is 41.5 Å². The molecule has 0 aliphatic carbocycles. The second kappa shape index (κ2) is 9.09. The quantitative estimate of drug-likeness (QED) is 0.409. The average molecular weight is 400 g/mol. The van der Waals surface area contributed by atoms with E-state index in [9.17, 15) is 4.79 Å². The number of nitrogens with one attached hydrogen (secondary N) is 1. The summed E-state index contributed by atoms with van der Waals surface area (Å²) in [6.07, 6.45) is 0.683. The number of amides is 1. The Morgan fingerprint density at radius 3 is 2.36 bits per heavy atom. The Labute approximate surface area is 161 Å². The normalized spacial score (nSPS) is 11.3. The average Bonchev–Trinajstić information content (AvgIpc) is 2.59. The predicted molar refractivity (Wildman–Crippen MR) is 103 cm³/mol. The Kier molecular flexibility index (Phi) is 7.12. The number of carbonyl (C=O) groups excluding carboxylic acids is 1. The van der Waals surface area contributed by atoms with Crippen LogP contribution in [0.4, 0.5) is 0 Å². The van der Waals surface area contributed by atoms with Crippen LogP contribution in [0.1, 0.15) is 24.5 Å². The van der Waals surface area contributed by atoms with E-state index in [2.05, 4.69) is 10.5 Å². The molecule has 1 amide bonds. The monoisotopic (exact) mass is 398 g/mol. The van der Waals surface area contributed by atoms with Crippen LogP contribution in [0, 0.1) is 6.92 Å². The minimum absolute atomic E-state index is 0.244. The van der Waals surface area contributed by atoms with E-state index < -0.39 is 5.91 Å². The van der Waals surface area contributed by atoms with Gasteiger partial charge in [-0.3, -0.25) is 4.79 Å². The molecule has 0 heterocycles. The first kappa shape index (κ1) is 19.6. The van der Waals surface area contributed by atoms with Gasteiger partial charge in [-0.1, -0.05) is 71.6 Å². The Hall–Kier alpha value is -1.75. The highest BCUT2D eigenvalue weighted by Crippen LogP contribution is 2.33. The number of hydrogen-bond donors (Lipinski definition) is 1. The third-order valence-electron chi connectivity index (χ3n) is 3.37. The van der Waals surface area contributed by atoms with Crippen molar-refractivity contribution in [3.8, 4) is 5.75 Å². The molecule has 0 spiro atoms. The summed E-state index contributed by atoms with van der Waals surface area (Å²) in [5.74, 6) is -0.121. The Bertz CT molecular complexity index is 790. The highest BCUT2D eigenvalue weighted by molar-refractivity contribution is 6.43. The lowest BCUT2D eigenvalue weighted by atomic mass is 10.1. The van der Waals surface area contributed by atoms with E-state index in [4.69, 9.17) is 39.5 Å². The lowest BCUT2D eigenvalue weighted by Gasteiger charge is -2.09. The van der Waals surface area contributed by atoms with Crippen molar-refractivity contribution in [2.45, 2.75) is 20.3 Å². The summed E-state index contributed by atoms with van der Waals surface area (Å²) in [6, 6.07) is 10.9. The number of halogens is 3. The van der Waals surface area contributed by atoms with Crippen molar-refractivity contribution in [2.24, 2.45) is 5.10 Å². The van der Waals surface area contributed by atoms with Gasteiger partial charge in [0, 0.05) is 6.07 Å². The maximum atomic E-state index is 11.9. The van der Waals surface area contributed by atoms with Crippen molar-refractivity contribution in [2.75, 3.05) is 6.61 Å². The minimum Gasteiger partial charge on any atom is -0.482 e. The second-order valence-electron chi connectivity index (χ2n) is 5.30. The van der Waals surface area contributed by atoms with E-state index in [1.165, 1.54) is 12.1 Å². The van der Waals surface area contributed by atoms with Gasteiger partial charge in [-0.05, 0) is 25.0 Å². The smallest absolute Gasteiger partial charge is 0.277 e. The van der Waals surface area contributed by atoms with Crippen LogP contribution < -0.4 is 10.2 Å². The van der Waals surface area contributed by atoms with Crippen LogP contribution in [0.2, 0.25) is 15.1 Å². The van der Waals surface area contributed by atoms with Crippen molar-refractivity contribution in [3.05, 3.63) is 62.6 Å². The fourth-order valence-corrected chi connectivity index (χ4v) is 2.61. The molecule has 4 nitrogen and oxygen atoms in total. The van der Waals surface area contributed by atoms with Gasteiger partial charge in [0.15, 0.2) is 6.61 Å². The molecule has 0 saturated heterocycles. The SMILES string of the molecule is CC/C(=N\NC(=O)COc1cc(Cl)c(Cl)cc1Cl)c1ccc(C)cc1. The molecule has 0 aliphatic rings. The summed E-state index contributed by atoms with van der Waals surface area (Å²) in [6.45, 7) is 3.74. The Balaban J connectivity index is 1.97. The van der Waals surface area contributed by atoms with Crippen LogP contribution in [0.25, 0.3) is 0 Å². The van der Waals surface area contributed by atoms with E-state index >= 15 is 0 Å². The largest absolute Gasteiger partial charge is 0.482 e. The number of rotatable bonds is 6. The highest BCUT2D eigenvalue weighted by Gasteiger charge is 2.10. The van der Waals surface area contributed by atoms with Gasteiger partial charge in [-0.25, -0.2) is 5.43 Å². The molecule has 0 unspecified atom stereocenters. The molecule has 0 fully saturated rings. The Morgan fingerprint density at radius 1 is 1.08 bits per heavy atom. The molecule has 1 N–H and O–H groups in total. The van der Waals surface area contributed by atoms with Crippen molar-refractivity contribution in [1.82, 2.24) is 5.43 Å². The van der Waals surface area contributed by atoms with Gasteiger partial charge in [0.1, 0.15) is 5.75 Å². The number of carbonyl (C=O) groups is 1. The van der Waals surface area contributed by atoms with Crippen LogP contribution in [0.3, 0.4) is 0 Å². The van der Waals surface area contributed by atoms with Gasteiger partial charge < -0.3 is 4.74 Å². The Morgan fingerprint density at radius 2 is 1.72 bits per heavy atom. The van der Waals surface area contributed by atoms with E-state index in [0.29, 0.717) is 16.5 Å². The van der Waals surface area contributed by atoms with Crippen LogP contribution in [0.5, 0.6) is 5.75 Å². The molecule has 0 aliphatic heterocycles. The second-order valence-corrected chi connectivity index (χ2v) is 6.52. The zero-order chi connectivity index (χ0) is 18.4. The van der Waals surface area contributed by atoms with Crippen LogP contribution >= 0.6 is 34.8 Å². The maximum Gasteiger partial charge on any atom is 0.277 e. The molecule has 0 atom stereocenters. The number of hydrogen-bond acceptors (Lipinski definition) is 3. The molecule has 0 saturated carbocycles. The van der Waals surface area contributed by atoms with E-state index in [-0.39, 0.29) is 17.4 Å². The van der Waals surface area contributed by atoms with Gasteiger partial charge >= 0.3 is 0 Å². The molecule has 0 radical (unpaired) electrons. The molecular formula is C18H17Cl3N2O2. The summed E-state index contributed by atoms with van der Waals surface area (Å²) in [5, 5.41) is 5.06. The molecule has 132 valence electrons. The van der Waals surface area contributed by atoms with Crippen molar-refractivity contribution in [3.63, 3.8) is 0 Å². The van der Waals surface area contributed by atoms with E-state index in [0.717, 1.165) is 16.8 Å². The molecule has 25 heavy (non-hydrogen) atoms. The fraction of sp³-hybridized carbons (Fsp3) is 0.222. The summed E-state index contributed by atoms with van der Waals surface area (Å²) < 4.78 is 5.37. The molecule has 0 aromatic heterocycles. The first-order valence-electron chi connectivity index (χ1n) is 7.60. The molecule has 7 heteroatoms. The molecule has 2 aromatic rings. The summed E-state index contributed by atoms with van der Waals surface area (Å²) in [4.78, 5) is 11.9. The first-order chi connectivity index (χ1) is 11.9. The van der Waals surface area contributed by atoms with Gasteiger partial charge in [0.2, 0.25) is 0 Å². The number of aryl methyl sites for hydroxylation is 1. The lowest BCUT2D eigenvalue weighted by Crippen LogP contribution is -2.26. The summed E-state index contributed by atoms with van der Waals surface area (Å²) in [5.41, 5.74) is 5.39. The van der Waals surface area contributed by atoms with Crippen LogP contribution in [-0.2, 0) is 4.79 Å². The van der Waals surface area contributed by atoms with Crippen LogP contribution in [-0.4, -0.2) is 18.2 Å². The van der Waals surface area contributed by atoms with Crippen molar-refractivity contribution < 1.29 is 9.53 Å². The number of nitrogens with zero attached hydrogens (tertiary/aromatic N) is 1. The number of ether oxygens (including phenoxy) is 1. The minimum atomic E-state index is -0.403. The zero-order valence-electron chi connectivity index (χ0n) is 13.8. The lowest BCUT2D eigenvalue weighted by molar-refractivity contribution is -0.123.